The zero-order valence-corrected chi connectivity index (χ0v) is 23.4. The van der Waals surface area contributed by atoms with Crippen LogP contribution in [0.4, 0.5) is 11.4 Å². The van der Waals surface area contributed by atoms with E-state index in [2.05, 4.69) is 31.7 Å². The van der Waals surface area contributed by atoms with Crippen molar-refractivity contribution in [3.63, 3.8) is 0 Å². The molecule has 4 N–H and O–H groups in total. The summed E-state index contributed by atoms with van der Waals surface area (Å²) in [6, 6.07) is 20.7. The van der Waals surface area contributed by atoms with Crippen molar-refractivity contribution < 1.29 is 19.2 Å². The summed E-state index contributed by atoms with van der Waals surface area (Å²) in [7, 11) is 0. The van der Waals surface area contributed by atoms with Crippen LogP contribution >= 0.6 is 0 Å². The van der Waals surface area contributed by atoms with Gasteiger partial charge in [0, 0.05) is 34.3 Å². The highest BCUT2D eigenvalue weighted by Gasteiger charge is 2.30. The van der Waals surface area contributed by atoms with Crippen molar-refractivity contribution in [2.75, 3.05) is 10.6 Å². The molecule has 0 heterocycles. The first-order valence-electron chi connectivity index (χ1n) is 13.9. The van der Waals surface area contributed by atoms with E-state index in [1.54, 1.807) is 38.1 Å². The van der Waals surface area contributed by atoms with Gasteiger partial charge in [-0.05, 0) is 99.2 Å². The largest absolute Gasteiger partial charge is 0.326 e. The third-order valence-corrected chi connectivity index (χ3v) is 7.10. The Morgan fingerprint density at radius 2 is 0.833 bits per heavy atom. The molecule has 0 aromatic heterocycles. The topological polar surface area (TPSA) is 141 Å². The number of hydrogen-bond donors (Lipinski definition) is 4. The molecule has 0 spiro atoms. The minimum absolute atomic E-state index is 0.0462. The van der Waals surface area contributed by atoms with Gasteiger partial charge in [-0.3, -0.25) is 19.2 Å². The zero-order valence-electron chi connectivity index (χ0n) is 23.4. The average molecular weight is 565 g/mol. The molecule has 0 bridgehead atoms. The Hall–Kier alpha value is -5.12. The van der Waals surface area contributed by atoms with Gasteiger partial charge in [0.25, 0.3) is 11.8 Å². The minimum atomic E-state index is -0.416. The summed E-state index contributed by atoms with van der Waals surface area (Å²) < 4.78 is 0. The molecule has 0 saturated heterocycles. The van der Waals surface area contributed by atoms with Gasteiger partial charge >= 0.3 is 0 Å². The van der Waals surface area contributed by atoms with E-state index in [0.717, 1.165) is 48.2 Å². The Bertz CT molecular complexity index is 1430. The van der Waals surface area contributed by atoms with E-state index in [1.165, 1.54) is 24.3 Å². The average Bonchev–Trinajstić information content (AvgIpc) is 3.92. The summed E-state index contributed by atoms with van der Waals surface area (Å²) in [5.74, 6) is -0.477. The number of benzene rings is 3. The van der Waals surface area contributed by atoms with E-state index in [-0.39, 0.29) is 23.7 Å². The molecule has 3 aromatic rings. The molecule has 0 radical (unpaired) electrons. The van der Waals surface area contributed by atoms with E-state index < -0.39 is 11.8 Å². The van der Waals surface area contributed by atoms with E-state index in [0.29, 0.717) is 22.6 Å². The highest BCUT2D eigenvalue weighted by molar-refractivity contribution is 6.03. The number of carbonyl (C=O) groups excluding carboxylic acids is 4. The molecule has 10 heteroatoms. The Morgan fingerprint density at radius 1 is 0.524 bits per heavy atom. The molecule has 2 aliphatic carbocycles. The SMILES string of the molecule is C/C(=N\NC(=O)c1ccc(C(=O)N/N=C(\C)c2ccc(NC(=O)C3CC3)cc2)cc1)c1ccc(NC(=O)C2CC2)cc1. The maximum atomic E-state index is 12.6. The first kappa shape index (κ1) is 28.4. The molecule has 3 aromatic carbocycles. The third-order valence-electron chi connectivity index (χ3n) is 7.10. The van der Waals surface area contributed by atoms with Crippen LogP contribution in [0.2, 0.25) is 0 Å². The van der Waals surface area contributed by atoms with Crippen LogP contribution in [0.3, 0.4) is 0 Å². The number of amides is 4. The Morgan fingerprint density at radius 3 is 1.14 bits per heavy atom. The van der Waals surface area contributed by atoms with Crippen LogP contribution < -0.4 is 21.5 Å². The molecule has 214 valence electrons. The van der Waals surface area contributed by atoms with Crippen molar-refractivity contribution in [3.8, 4) is 0 Å². The van der Waals surface area contributed by atoms with Crippen LogP contribution in [0.1, 0.15) is 71.4 Å². The summed E-state index contributed by atoms with van der Waals surface area (Å²) in [4.78, 5) is 49.0. The number of hydrogen-bond acceptors (Lipinski definition) is 6. The smallest absolute Gasteiger partial charge is 0.271 e. The van der Waals surface area contributed by atoms with Crippen LogP contribution in [0.5, 0.6) is 0 Å². The van der Waals surface area contributed by atoms with Crippen LogP contribution in [0, 0.1) is 11.8 Å². The number of carbonyl (C=O) groups is 4. The number of nitrogens with zero attached hydrogens (tertiary/aromatic N) is 2. The van der Waals surface area contributed by atoms with Crippen molar-refractivity contribution in [3.05, 3.63) is 95.1 Å². The molecule has 42 heavy (non-hydrogen) atoms. The van der Waals surface area contributed by atoms with Crippen LogP contribution in [0.25, 0.3) is 0 Å². The molecule has 0 aliphatic heterocycles. The summed E-state index contributed by atoms with van der Waals surface area (Å²) in [6.07, 6.45) is 3.78. The summed E-state index contributed by atoms with van der Waals surface area (Å²) in [5.41, 5.74) is 10.0. The molecule has 4 amide bonds. The highest BCUT2D eigenvalue weighted by atomic mass is 16.2. The Balaban J connectivity index is 1.11. The fourth-order valence-electron chi connectivity index (χ4n) is 4.07. The van der Waals surface area contributed by atoms with Crippen LogP contribution in [-0.4, -0.2) is 35.1 Å². The van der Waals surface area contributed by atoms with Crippen molar-refractivity contribution in [1.29, 1.82) is 0 Å². The van der Waals surface area contributed by atoms with Crippen molar-refractivity contribution in [2.45, 2.75) is 39.5 Å². The van der Waals surface area contributed by atoms with Gasteiger partial charge < -0.3 is 10.6 Å². The standard InChI is InChI=1S/C32H32N6O4/c1-19(21-11-15-27(16-12-21)33-29(39)23-3-4-23)35-37-31(41)25-7-9-26(10-8-25)32(42)38-36-20(2)22-13-17-28(18-14-22)34-30(40)24-5-6-24/h7-18,23-24H,3-6H2,1-2H3,(H,33,39)(H,34,40)(H,37,41)(H,38,42)/b35-19+,36-20+. The normalized spacial score (nSPS) is 15.0. The first-order chi connectivity index (χ1) is 20.3. The fraction of sp³-hybridized carbons (Fsp3) is 0.250. The number of rotatable bonds is 10. The molecular weight excluding hydrogens is 532 g/mol. The van der Waals surface area contributed by atoms with Gasteiger partial charge in [0.15, 0.2) is 0 Å². The van der Waals surface area contributed by atoms with Gasteiger partial charge in [-0.2, -0.15) is 10.2 Å². The Labute approximate surface area is 243 Å². The van der Waals surface area contributed by atoms with Gasteiger partial charge in [0.2, 0.25) is 11.8 Å². The molecule has 2 aliphatic rings. The van der Waals surface area contributed by atoms with Crippen LogP contribution in [-0.2, 0) is 9.59 Å². The molecule has 2 fully saturated rings. The molecule has 0 unspecified atom stereocenters. The second-order valence-corrected chi connectivity index (χ2v) is 10.5. The van der Waals surface area contributed by atoms with E-state index in [1.807, 2.05) is 24.3 Å². The van der Waals surface area contributed by atoms with E-state index >= 15 is 0 Å². The van der Waals surface area contributed by atoms with E-state index in [9.17, 15) is 19.2 Å². The Kier molecular flexibility index (Phi) is 8.52. The number of hydrazone groups is 2. The predicted octanol–water partition coefficient (Wildman–Crippen LogP) is 4.69. The number of anilines is 2. The fourth-order valence-corrected chi connectivity index (χ4v) is 4.07. The van der Waals surface area contributed by atoms with Gasteiger partial charge in [-0.1, -0.05) is 24.3 Å². The number of nitrogens with one attached hydrogen (secondary N) is 4. The highest BCUT2D eigenvalue weighted by Crippen LogP contribution is 2.31. The molecule has 2 saturated carbocycles. The quantitative estimate of drug-likeness (QED) is 0.209. The maximum absolute atomic E-state index is 12.6. The van der Waals surface area contributed by atoms with Gasteiger partial charge in [0.05, 0.1) is 11.4 Å². The third kappa shape index (κ3) is 7.54. The second-order valence-electron chi connectivity index (χ2n) is 10.5. The molecular formula is C32H32N6O4. The lowest BCUT2D eigenvalue weighted by atomic mass is 10.1. The van der Waals surface area contributed by atoms with E-state index in [4.69, 9.17) is 0 Å². The first-order valence-corrected chi connectivity index (χ1v) is 13.9. The van der Waals surface area contributed by atoms with Crippen molar-refractivity contribution in [2.24, 2.45) is 22.0 Å². The second kappa shape index (κ2) is 12.6. The molecule has 0 atom stereocenters. The van der Waals surface area contributed by atoms with Crippen molar-refractivity contribution in [1.82, 2.24) is 10.9 Å². The lowest BCUT2D eigenvalue weighted by molar-refractivity contribution is -0.118. The molecule has 10 nitrogen and oxygen atoms in total. The van der Waals surface area contributed by atoms with Gasteiger partial charge in [-0.25, -0.2) is 10.9 Å². The zero-order chi connectivity index (χ0) is 29.6. The van der Waals surface area contributed by atoms with Gasteiger partial charge in [-0.15, -0.1) is 0 Å². The van der Waals surface area contributed by atoms with Crippen LogP contribution in [0.15, 0.2) is 83.0 Å². The summed E-state index contributed by atoms with van der Waals surface area (Å²) in [5, 5.41) is 14.1. The lowest BCUT2D eigenvalue weighted by Gasteiger charge is -2.07. The van der Waals surface area contributed by atoms with Gasteiger partial charge in [0.1, 0.15) is 0 Å². The molecule has 5 rings (SSSR count). The minimum Gasteiger partial charge on any atom is -0.326 e. The monoisotopic (exact) mass is 564 g/mol. The maximum Gasteiger partial charge on any atom is 0.271 e. The lowest BCUT2D eigenvalue weighted by Crippen LogP contribution is -2.21. The summed E-state index contributed by atoms with van der Waals surface area (Å²) >= 11 is 0. The predicted molar refractivity (Wildman–Crippen MR) is 161 cm³/mol. The summed E-state index contributed by atoms with van der Waals surface area (Å²) in [6.45, 7) is 3.55. The van der Waals surface area contributed by atoms with Crippen molar-refractivity contribution >= 4 is 46.4 Å².